The molecule has 0 unspecified atom stereocenters. The van der Waals surface area contributed by atoms with Crippen molar-refractivity contribution in [3.8, 4) is 6.07 Å². The van der Waals surface area contributed by atoms with Crippen molar-refractivity contribution < 1.29 is 0 Å². The van der Waals surface area contributed by atoms with Crippen molar-refractivity contribution in [1.82, 2.24) is 10.2 Å². The van der Waals surface area contributed by atoms with Crippen molar-refractivity contribution in [2.75, 3.05) is 26.7 Å². The van der Waals surface area contributed by atoms with Crippen LogP contribution in [-0.4, -0.2) is 31.6 Å². The van der Waals surface area contributed by atoms with Gasteiger partial charge in [-0.1, -0.05) is 0 Å². The summed E-state index contributed by atoms with van der Waals surface area (Å²) in [6.07, 6.45) is 3.97. The lowest BCUT2D eigenvalue weighted by Gasteiger charge is -2.28. The van der Waals surface area contributed by atoms with Gasteiger partial charge in [-0.3, -0.25) is 0 Å². The van der Waals surface area contributed by atoms with Gasteiger partial charge in [0.1, 0.15) is 10.9 Å². The van der Waals surface area contributed by atoms with Crippen molar-refractivity contribution >= 4 is 11.3 Å². The zero-order chi connectivity index (χ0) is 12.8. The first-order valence-corrected chi connectivity index (χ1v) is 7.47. The highest BCUT2D eigenvalue weighted by molar-refractivity contribution is 7.12. The van der Waals surface area contributed by atoms with Gasteiger partial charge in [0.25, 0.3) is 0 Å². The van der Waals surface area contributed by atoms with Crippen LogP contribution in [0, 0.1) is 17.2 Å². The van der Waals surface area contributed by atoms with Crippen LogP contribution >= 0.6 is 11.3 Å². The molecule has 98 valence electrons. The van der Waals surface area contributed by atoms with Gasteiger partial charge in [-0.25, -0.2) is 0 Å². The van der Waals surface area contributed by atoms with Crippen LogP contribution in [0.5, 0.6) is 0 Å². The topological polar surface area (TPSA) is 39.1 Å². The molecule has 3 nitrogen and oxygen atoms in total. The van der Waals surface area contributed by atoms with Gasteiger partial charge in [0.05, 0.1) is 0 Å². The first kappa shape index (κ1) is 13.5. The maximum Gasteiger partial charge on any atom is 0.110 e. The Morgan fingerprint density at radius 2 is 2.22 bits per heavy atom. The van der Waals surface area contributed by atoms with Crippen molar-refractivity contribution in [3.63, 3.8) is 0 Å². The number of likely N-dealkylation sites (tertiary alicyclic amines) is 1. The number of thiophene rings is 1. The Morgan fingerprint density at radius 3 is 2.89 bits per heavy atom. The summed E-state index contributed by atoms with van der Waals surface area (Å²) in [5.41, 5.74) is 0. The molecule has 1 aliphatic rings. The Hall–Kier alpha value is -0.890. The van der Waals surface area contributed by atoms with Crippen LogP contribution in [-0.2, 0) is 6.54 Å². The Bertz CT molecular complexity index is 399. The monoisotopic (exact) mass is 263 g/mol. The zero-order valence-corrected chi connectivity index (χ0v) is 11.8. The van der Waals surface area contributed by atoms with Crippen LogP contribution in [0.3, 0.4) is 0 Å². The third kappa shape index (κ3) is 4.09. The van der Waals surface area contributed by atoms with E-state index < -0.39 is 0 Å². The maximum absolute atomic E-state index is 8.75. The molecule has 1 aromatic rings. The van der Waals surface area contributed by atoms with E-state index >= 15 is 0 Å². The molecular weight excluding hydrogens is 242 g/mol. The summed E-state index contributed by atoms with van der Waals surface area (Å²) < 4.78 is 0. The minimum atomic E-state index is 0.808. The summed E-state index contributed by atoms with van der Waals surface area (Å²) in [7, 11) is 2.21. The number of hydrogen-bond acceptors (Lipinski definition) is 4. The normalized spacial score (nSPS) is 17.8. The average molecular weight is 263 g/mol. The fourth-order valence-electron chi connectivity index (χ4n) is 2.40. The average Bonchev–Trinajstić information content (AvgIpc) is 2.85. The van der Waals surface area contributed by atoms with E-state index in [2.05, 4.69) is 23.3 Å². The first-order chi connectivity index (χ1) is 8.78. The highest BCUT2D eigenvalue weighted by Crippen LogP contribution is 2.19. The minimum absolute atomic E-state index is 0.808. The van der Waals surface area contributed by atoms with Gasteiger partial charge in [-0.15, -0.1) is 11.3 Å². The van der Waals surface area contributed by atoms with E-state index in [1.807, 2.05) is 12.1 Å². The van der Waals surface area contributed by atoms with Crippen LogP contribution < -0.4 is 5.32 Å². The van der Waals surface area contributed by atoms with Crippen LogP contribution in [0.15, 0.2) is 12.1 Å². The van der Waals surface area contributed by atoms with Crippen molar-refractivity contribution in [3.05, 3.63) is 21.9 Å². The molecule has 1 aromatic heterocycles. The van der Waals surface area contributed by atoms with E-state index in [1.165, 1.54) is 37.2 Å². The Morgan fingerprint density at radius 1 is 1.44 bits per heavy atom. The van der Waals surface area contributed by atoms with Crippen molar-refractivity contribution in [1.29, 1.82) is 5.26 Å². The van der Waals surface area contributed by atoms with Gasteiger partial charge in [0.2, 0.25) is 0 Å². The molecule has 0 radical (unpaired) electrons. The summed E-state index contributed by atoms with van der Waals surface area (Å²) in [6, 6.07) is 6.13. The lowest BCUT2D eigenvalue weighted by molar-refractivity contribution is 0.211. The van der Waals surface area contributed by atoms with E-state index in [0.717, 1.165) is 23.9 Å². The first-order valence-electron chi connectivity index (χ1n) is 6.66. The van der Waals surface area contributed by atoms with E-state index in [1.54, 1.807) is 11.3 Å². The van der Waals surface area contributed by atoms with Crippen molar-refractivity contribution in [2.45, 2.75) is 25.8 Å². The van der Waals surface area contributed by atoms with Gasteiger partial charge in [0.15, 0.2) is 0 Å². The highest BCUT2D eigenvalue weighted by Gasteiger charge is 2.15. The van der Waals surface area contributed by atoms with Gasteiger partial charge in [-0.05, 0) is 64.0 Å². The fraction of sp³-hybridized carbons (Fsp3) is 0.643. The molecule has 0 saturated carbocycles. The largest absolute Gasteiger partial charge is 0.312 e. The third-order valence-corrected chi connectivity index (χ3v) is 4.63. The van der Waals surface area contributed by atoms with E-state index in [4.69, 9.17) is 5.26 Å². The second kappa shape index (κ2) is 6.89. The molecule has 2 heterocycles. The molecule has 0 amide bonds. The maximum atomic E-state index is 8.75. The highest BCUT2D eigenvalue weighted by atomic mass is 32.1. The standard InChI is InChI=1S/C14H21N3S/c1-17-8-5-12(6-9-17)4-7-16-11-14-3-2-13(10-15)18-14/h2-3,12,16H,4-9,11H2,1H3. The summed E-state index contributed by atoms with van der Waals surface area (Å²) in [5.74, 6) is 0.895. The number of hydrogen-bond donors (Lipinski definition) is 1. The van der Waals surface area contributed by atoms with Crippen LogP contribution in [0.25, 0.3) is 0 Å². The quantitative estimate of drug-likeness (QED) is 0.829. The Labute approximate surface area is 113 Å². The number of nitrogens with zero attached hydrogens (tertiary/aromatic N) is 2. The summed E-state index contributed by atoms with van der Waals surface area (Å²) in [4.78, 5) is 4.48. The third-order valence-electron chi connectivity index (χ3n) is 3.64. The summed E-state index contributed by atoms with van der Waals surface area (Å²) >= 11 is 1.59. The molecule has 1 saturated heterocycles. The molecule has 18 heavy (non-hydrogen) atoms. The molecule has 1 N–H and O–H groups in total. The molecule has 4 heteroatoms. The number of rotatable bonds is 5. The second-order valence-electron chi connectivity index (χ2n) is 5.09. The van der Waals surface area contributed by atoms with E-state index in [9.17, 15) is 0 Å². The molecule has 1 aliphatic heterocycles. The number of nitriles is 1. The van der Waals surface area contributed by atoms with Gasteiger partial charge in [0, 0.05) is 11.4 Å². The molecule has 0 bridgehead atoms. The molecule has 0 atom stereocenters. The molecular formula is C14H21N3S. The smallest absolute Gasteiger partial charge is 0.110 e. The summed E-state index contributed by atoms with van der Waals surface area (Å²) in [5, 5.41) is 12.2. The van der Waals surface area contributed by atoms with Gasteiger partial charge >= 0.3 is 0 Å². The Balaban J connectivity index is 1.60. The zero-order valence-electron chi connectivity index (χ0n) is 11.0. The fourth-order valence-corrected chi connectivity index (χ4v) is 3.18. The summed E-state index contributed by atoms with van der Waals surface area (Å²) in [6.45, 7) is 4.50. The minimum Gasteiger partial charge on any atom is -0.312 e. The van der Waals surface area contributed by atoms with Gasteiger partial charge < -0.3 is 10.2 Å². The SMILES string of the molecule is CN1CCC(CCNCc2ccc(C#N)s2)CC1. The number of piperidine rings is 1. The van der Waals surface area contributed by atoms with Crippen LogP contribution in [0.1, 0.15) is 29.0 Å². The van der Waals surface area contributed by atoms with Crippen LogP contribution in [0.2, 0.25) is 0 Å². The lowest BCUT2D eigenvalue weighted by Crippen LogP contribution is -2.31. The lowest BCUT2D eigenvalue weighted by atomic mass is 9.94. The van der Waals surface area contributed by atoms with Gasteiger partial charge in [-0.2, -0.15) is 5.26 Å². The molecule has 2 rings (SSSR count). The second-order valence-corrected chi connectivity index (χ2v) is 6.26. The molecule has 0 spiro atoms. The van der Waals surface area contributed by atoms with Crippen LogP contribution in [0.4, 0.5) is 0 Å². The predicted molar refractivity (Wildman–Crippen MR) is 75.6 cm³/mol. The molecule has 0 aromatic carbocycles. The van der Waals surface area contributed by atoms with Crippen molar-refractivity contribution in [2.24, 2.45) is 5.92 Å². The number of nitrogens with one attached hydrogen (secondary N) is 1. The van der Waals surface area contributed by atoms with E-state index in [-0.39, 0.29) is 0 Å². The molecule has 1 fully saturated rings. The predicted octanol–water partition coefficient (Wildman–Crippen LogP) is 2.44. The Kier molecular flexibility index (Phi) is 5.18. The van der Waals surface area contributed by atoms with E-state index in [0.29, 0.717) is 0 Å². The molecule has 0 aliphatic carbocycles.